The first-order valence-corrected chi connectivity index (χ1v) is 11.6. The Kier molecular flexibility index (Phi) is 6.96. The van der Waals surface area contributed by atoms with E-state index in [9.17, 15) is 9.50 Å². The van der Waals surface area contributed by atoms with Gasteiger partial charge in [0.2, 0.25) is 6.79 Å². The van der Waals surface area contributed by atoms with E-state index >= 15 is 0 Å². The number of benzene rings is 1. The summed E-state index contributed by atoms with van der Waals surface area (Å²) in [5.74, 6) is 2.17. The normalized spacial score (nSPS) is 13.1. The zero-order chi connectivity index (χ0) is 22.8. The zero-order valence-electron chi connectivity index (χ0n) is 18.0. The summed E-state index contributed by atoms with van der Waals surface area (Å²) < 4.78 is 27.9. The predicted octanol–water partition coefficient (Wildman–Crippen LogP) is 2.56. The lowest BCUT2D eigenvalue weighted by molar-refractivity contribution is 0.162. The molecule has 11 heteroatoms. The summed E-state index contributed by atoms with van der Waals surface area (Å²) in [5.41, 5.74) is 7.75. The van der Waals surface area contributed by atoms with Gasteiger partial charge < -0.3 is 24.9 Å². The van der Waals surface area contributed by atoms with E-state index in [0.717, 1.165) is 33.7 Å². The second-order valence-electron chi connectivity index (χ2n) is 7.91. The maximum Gasteiger partial charge on any atom is 0.312 e. The van der Waals surface area contributed by atoms with Gasteiger partial charge in [-0.3, -0.25) is 4.90 Å². The minimum atomic E-state index is -0.871. The van der Waals surface area contributed by atoms with Gasteiger partial charge in [-0.1, -0.05) is 0 Å². The van der Waals surface area contributed by atoms with E-state index in [2.05, 4.69) is 56.3 Å². The van der Waals surface area contributed by atoms with Crippen LogP contribution in [0.5, 0.6) is 11.5 Å². The summed E-state index contributed by atoms with van der Waals surface area (Å²) in [4.78, 5) is 14.5. The summed E-state index contributed by atoms with van der Waals surface area (Å²) in [6.07, 6.45) is 0.404. The van der Waals surface area contributed by atoms with Gasteiger partial charge in [0.1, 0.15) is 5.82 Å². The first-order chi connectivity index (χ1) is 15.4. The van der Waals surface area contributed by atoms with Crippen molar-refractivity contribution in [3.8, 4) is 11.5 Å². The number of aliphatic hydroxyl groups excluding tert-OH is 1. The Morgan fingerprint density at radius 1 is 1.22 bits per heavy atom. The Hall–Kier alpha value is -2.25. The number of anilines is 1. The maximum absolute atomic E-state index is 14.0. The van der Waals surface area contributed by atoms with Crippen LogP contribution >= 0.6 is 22.6 Å². The maximum atomic E-state index is 14.0. The van der Waals surface area contributed by atoms with Crippen LogP contribution in [0.2, 0.25) is 0 Å². The highest BCUT2D eigenvalue weighted by atomic mass is 127. The van der Waals surface area contributed by atoms with Crippen molar-refractivity contribution in [2.24, 2.45) is 0 Å². The van der Waals surface area contributed by atoms with E-state index < -0.39 is 6.08 Å². The van der Waals surface area contributed by atoms with Crippen LogP contribution in [0.25, 0.3) is 11.2 Å². The molecule has 2 aromatic heterocycles. The highest BCUT2D eigenvalue weighted by Gasteiger charge is 2.21. The number of nitrogen functional groups attached to an aromatic ring is 1. The molecule has 1 aliphatic heterocycles. The Bertz CT molecular complexity index is 1120. The molecule has 32 heavy (non-hydrogen) atoms. The molecule has 0 aliphatic carbocycles. The van der Waals surface area contributed by atoms with Gasteiger partial charge >= 0.3 is 6.08 Å². The number of aliphatic hydroxyl groups is 1. The van der Waals surface area contributed by atoms with Gasteiger partial charge in [0.25, 0.3) is 0 Å². The minimum absolute atomic E-state index is 0.0250. The van der Waals surface area contributed by atoms with Crippen molar-refractivity contribution in [2.75, 3.05) is 32.2 Å². The van der Waals surface area contributed by atoms with E-state index in [4.69, 9.17) is 15.2 Å². The van der Waals surface area contributed by atoms with Gasteiger partial charge in [0.05, 0.1) is 6.61 Å². The van der Waals surface area contributed by atoms with Crippen LogP contribution in [0.4, 0.5) is 10.2 Å². The lowest BCUT2D eigenvalue weighted by atomic mass is 10.1. The predicted molar refractivity (Wildman–Crippen MR) is 126 cm³/mol. The van der Waals surface area contributed by atoms with Crippen LogP contribution in [0, 0.1) is 9.65 Å². The van der Waals surface area contributed by atoms with Crippen molar-refractivity contribution in [3.05, 3.63) is 33.2 Å². The van der Waals surface area contributed by atoms with Crippen molar-refractivity contribution in [3.63, 3.8) is 0 Å². The number of hydrogen-bond acceptors (Lipinski definition) is 8. The number of hydrogen-bond donors (Lipinski definition) is 2. The molecular weight excluding hydrogens is 530 g/mol. The summed E-state index contributed by atoms with van der Waals surface area (Å²) in [6.45, 7) is 6.47. The third-order valence-electron chi connectivity index (χ3n) is 5.51. The first kappa shape index (κ1) is 22.9. The fraction of sp³-hybridized carbons (Fsp3) is 0.476. The molecule has 3 N–H and O–H groups in total. The van der Waals surface area contributed by atoms with Gasteiger partial charge in [-0.25, -0.2) is 4.98 Å². The molecule has 0 fully saturated rings. The fourth-order valence-electron chi connectivity index (χ4n) is 3.86. The van der Waals surface area contributed by atoms with Crippen LogP contribution < -0.4 is 15.2 Å². The van der Waals surface area contributed by atoms with Crippen molar-refractivity contribution in [1.82, 2.24) is 24.4 Å². The van der Waals surface area contributed by atoms with Gasteiger partial charge in [-0.2, -0.15) is 14.4 Å². The molecule has 0 unspecified atom stereocenters. The van der Waals surface area contributed by atoms with Gasteiger partial charge in [0.15, 0.2) is 28.5 Å². The van der Waals surface area contributed by atoms with Gasteiger partial charge in [0, 0.05) is 35.7 Å². The molecule has 1 aromatic carbocycles. The molecule has 0 spiro atoms. The van der Waals surface area contributed by atoms with Crippen LogP contribution in [0.1, 0.15) is 31.7 Å². The van der Waals surface area contributed by atoms with Gasteiger partial charge in [-0.15, -0.1) is 0 Å². The first-order valence-electron chi connectivity index (χ1n) is 10.5. The molecule has 0 saturated carbocycles. The molecule has 1 aliphatic rings. The van der Waals surface area contributed by atoms with E-state index in [-0.39, 0.29) is 19.2 Å². The molecular formula is C21H26FIN6O3. The Morgan fingerprint density at radius 2 is 1.97 bits per heavy atom. The monoisotopic (exact) mass is 556 g/mol. The van der Waals surface area contributed by atoms with Crippen LogP contribution in [-0.2, 0) is 13.0 Å². The average molecular weight is 556 g/mol. The van der Waals surface area contributed by atoms with Gasteiger partial charge in [-0.05, 0) is 60.6 Å². The lowest BCUT2D eigenvalue weighted by Gasteiger charge is -2.25. The number of halogens is 2. The topological polar surface area (TPSA) is 112 Å². The number of aromatic nitrogens is 4. The number of fused-ring (bicyclic) bond motifs is 2. The summed E-state index contributed by atoms with van der Waals surface area (Å²) >= 11 is 2.26. The number of rotatable bonds is 9. The van der Waals surface area contributed by atoms with Crippen molar-refractivity contribution < 1.29 is 19.0 Å². The average Bonchev–Trinajstić information content (AvgIpc) is 3.32. The molecule has 172 valence electrons. The summed E-state index contributed by atoms with van der Waals surface area (Å²) in [6, 6.07) is 4.20. The van der Waals surface area contributed by atoms with Crippen LogP contribution in [-0.4, -0.2) is 62.1 Å². The largest absolute Gasteiger partial charge is 0.454 e. The molecule has 0 bridgehead atoms. The fourth-order valence-corrected chi connectivity index (χ4v) is 4.49. The molecule has 0 atom stereocenters. The second-order valence-corrected chi connectivity index (χ2v) is 9.07. The number of nitrogens with two attached hydrogens (primary N) is 1. The lowest BCUT2D eigenvalue weighted by Crippen LogP contribution is -2.34. The molecule has 0 saturated heterocycles. The highest BCUT2D eigenvalue weighted by molar-refractivity contribution is 14.1. The van der Waals surface area contributed by atoms with Crippen LogP contribution in [0.3, 0.4) is 0 Å². The Labute approximate surface area is 198 Å². The van der Waals surface area contributed by atoms with Crippen LogP contribution in [0.15, 0.2) is 12.1 Å². The standard InChI is InChI=1S/C21H26FIN6O3/c1-12(2)28(6-7-30)4-3-5-29-17(25-18-19(24)26-21(22)27-20(18)29)9-13-8-15-16(10-14(13)23)32-11-31-15/h8,10,12,30H,3-7,9,11H2,1-2H3,(H2,24,26,27). The van der Waals surface area contributed by atoms with E-state index in [1.54, 1.807) is 0 Å². The molecule has 3 aromatic rings. The van der Waals surface area contributed by atoms with Crippen molar-refractivity contribution in [1.29, 1.82) is 0 Å². The van der Waals surface area contributed by atoms with Crippen molar-refractivity contribution in [2.45, 2.75) is 39.3 Å². The molecule has 9 nitrogen and oxygen atoms in total. The SMILES string of the molecule is CC(C)N(CCO)CCCn1c(Cc2cc3c(cc2I)OCO3)nc2c(N)nc(F)nc21. The summed E-state index contributed by atoms with van der Waals surface area (Å²) in [7, 11) is 0. The molecule has 0 amide bonds. The summed E-state index contributed by atoms with van der Waals surface area (Å²) in [5, 5.41) is 9.32. The van der Waals surface area contributed by atoms with E-state index in [1.165, 1.54) is 0 Å². The number of imidazole rings is 1. The zero-order valence-corrected chi connectivity index (χ0v) is 20.2. The molecule has 0 radical (unpaired) electrons. The Morgan fingerprint density at radius 3 is 2.69 bits per heavy atom. The molecule has 3 heterocycles. The number of nitrogens with zero attached hydrogens (tertiary/aromatic N) is 5. The van der Waals surface area contributed by atoms with E-state index in [0.29, 0.717) is 42.5 Å². The van der Waals surface area contributed by atoms with Crippen molar-refractivity contribution >= 4 is 39.6 Å². The third-order valence-corrected chi connectivity index (χ3v) is 6.51. The second kappa shape index (κ2) is 9.71. The van der Waals surface area contributed by atoms with E-state index in [1.807, 2.05) is 16.7 Å². The smallest absolute Gasteiger partial charge is 0.312 e. The quantitative estimate of drug-likeness (QED) is 0.306. The third kappa shape index (κ3) is 4.74. The molecule has 4 rings (SSSR count). The Balaban J connectivity index is 1.65. The number of ether oxygens (including phenoxy) is 2. The number of aryl methyl sites for hydroxylation is 1. The highest BCUT2D eigenvalue weighted by Crippen LogP contribution is 2.36. The minimum Gasteiger partial charge on any atom is -0.454 e.